The van der Waals surface area contributed by atoms with Crippen LogP contribution in [-0.4, -0.2) is 53.2 Å². The summed E-state index contributed by atoms with van der Waals surface area (Å²) in [5.41, 5.74) is 2.13. The number of carbonyl (C=O) groups is 1. The average Bonchev–Trinajstić information content (AvgIpc) is 3.22. The van der Waals surface area contributed by atoms with Gasteiger partial charge in [-0.05, 0) is 30.5 Å². The van der Waals surface area contributed by atoms with Gasteiger partial charge in [0.25, 0.3) is 0 Å². The van der Waals surface area contributed by atoms with Crippen LogP contribution in [0.3, 0.4) is 0 Å². The highest BCUT2D eigenvalue weighted by Gasteiger charge is 2.24. The molecule has 8 heteroatoms. The van der Waals surface area contributed by atoms with Gasteiger partial charge in [-0.3, -0.25) is 0 Å². The number of rotatable bonds is 2. The highest BCUT2D eigenvalue weighted by Crippen LogP contribution is 2.28. The molecule has 1 amide bonds. The number of thiophene rings is 1. The van der Waals surface area contributed by atoms with Crippen LogP contribution in [0.15, 0.2) is 29.8 Å². The monoisotopic (exact) mass is 366 g/mol. The molecule has 3 aromatic heterocycles. The zero-order valence-electron chi connectivity index (χ0n) is 13.3. The Kier molecular flexibility index (Phi) is 4.82. The molecule has 128 valence electrons. The molecule has 4 rings (SSSR count). The van der Waals surface area contributed by atoms with Gasteiger partial charge < -0.3 is 18.9 Å². The first-order valence-corrected chi connectivity index (χ1v) is 8.67. The van der Waals surface area contributed by atoms with E-state index in [4.69, 9.17) is 9.72 Å². The second-order valence-corrected chi connectivity index (χ2v) is 6.38. The number of piperazine rings is 1. The maximum atomic E-state index is 11.8. The third kappa shape index (κ3) is 2.78. The number of hydrogen-bond acceptors (Lipinski definition) is 5. The second-order valence-electron chi connectivity index (χ2n) is 5.48. The van der Waals surface area contributed by atoms with Gasteiger partial charge >= 0.3 is 6.09 Å². The van der Waals surface area contributed by atoms with E-state index in [0.29, 0.717) is 19.7 Å². The van der Waals surface area contributed by atoms with Crippen LogP contribution in [0.1, 0.15) is 6.92 Å². The molecule has 1 saturated heterocycles. The maximum Gasteiger partial charge on any atom is 0.409 e. The zero-order chi connectivity index (χ0) is 15.8. The summed E-state index contributed by atoms with van der Waals surface area (Å²) in [5, 5.41) is 2.07. The summed E-state index contributed by atoms with van der Waals surface area (Å²) in [7, 11) is 0. The highest BCUT2D eigenvalue weighted by atomic mass is 35.5. The molecule has 0 bridgehead atoms. The predicted octanol–water partition coefficient (Wildman–Crippen LogP) is 3.25. The summed E-state index contributed by atoms with van der Waals surface area (Å²) in [4.78, 5) is 21.8. The van der Waals surface area contributed by atoms with Crippen LogP contribution >= 0.6 is 23.7 Å². The van der Waals surface area contributed by atoms with Crippen LogP contribution < -0.4 is 4.90 Å². The molecule has 4 heterocycles. The van der Waals surface area contributed by atoms with Crippen LogP contribution in [-0.2, 0) is 4.74 Å². The first-order chi connectivity index (χ1) is 11.3. The van der Waals surface area contributed by atoms with Gasteiger partial charge in [-0.25, -0.2) is 9.78 Å². The molecule has 0 unspecified atom stereocenters. The normalized spacial score (nSPS) is 14.9. The van der Waals surface area contributed by atoms with Crippen LogP contribution in [0.4, 0.5) is 10.6 Å². The fraction of sp³-hybridized carbons (Fsp3) is 0.375. The molecular weight excluding hydrogens is 348 g/mol. The first kappa shape index (κ1) is 16.9. The Balaban J connectivity index is 0.00000169. The molecule has 0 radical (unpaired) electrons. The Morgan fingerprint density at radius 2 is 2.08 bits per heavy atom. The number of aromatic nitrogens is 2. The van der Waals surface area contributed by atoms with Crippen molar-refractivity contribution in [2.45, 2.75) is 6.92 Å². The number of anilines is 1. The van der Waals surface area contributed by atoms with Gasteiger partial charge in [0.15, 0.2) is 5.82 Å². The smallest absolute Gasteiger partial charge is 0.409 e. The number of hydrogen-bond donors (Lipinski definition) is 0. The number of ether oxygens (including phenoxy) is 1. The lowest BCUT2D eigenvalue weighted by molar-refractivity contribution is 0.105. The van der Waals surface area contributed by atoms with Gasteiger partial charge in [-0.1, -0.05) is 0 Å². The third-order valence-corrected chi connectivity index (χ3v) is 5.05. The van der Waals surface area contributed by atoms with Crippen LogP contribution in [0.5, 0.6) is 0 Å². The number of amides is 1. The van der Waals surface area contributed by atoms with Gasteiger partial charge in [0.05, 0.1) is 12.1 Å². The summed E-state index contributed by atoms with van der Waals surface area (Å²) in [5.74, 6) is 0.990. The second kappa shape index (κ2) is 6.86. The quantitative estimate of drug-likeness (QED) is 0.698. The van der Waals surface area contributed by atoms with Gasteiger partial charge in [-0.2, -0.15) is 0 Å². The Hall–Kier alpha value is -1.99. The van der Waals surface area contributed by atoms with Crippen LogP contribution in [0, 0.1) is 0 Å². The zero-order valence-corrected chi connectivity index (χ0v) is 15.0. The summed E-state index contributed by atoms with van der Waals surface area (Å²) in [6.45, 7) is 5.10. The molecule has 0 aliphatic carbocycles. The maximum absolute atomic E-state index is 11.8. The molecule has 1 aliphatic heterocycles. The van der Waals surface area contributed by atoms with Crippen molar-refractivity contribution in [3.63, 3.8) is 0 Å². The largest absolute Gasteiger partial charge is 0.450 e. The lowest BCUT2D eigenvalue weighted by Crippen LogP contribution is -2.49. The van der Waals surface area contributed by atoms with Gasteiger partial charge in [0.1, 0.15) is 10.3 Å². The molecule has 0 N–H and O–H groups in total. The van der Waals surface area contributed by atoms with Crippen molar-refractivity contribution in [3.8, 4) is 0 Å². The van der Waals surface area contributed by atoms with Gasteiger partial charge in [0, 0.05) is 32.4 Å². The van der Waals surface area contributed by atoms with E-state index in [2.05, 4.69) is 39.1 Å². The summed E-state index contributed by atoms with van der Waals surface area (Å²) >= 11 is 1.70. The molecule has 24 heavy (non-hydrogen) atoms. The number of nitrogens with zero attached hydrogens (tertiary/aromatic N) is 4. The lowest BCUT2D eigenvalue weighted by Gasteiger charge is -2.35. The SMILES string of the molecule is CCOC(=O)N1CCN(c2nc3ccsc3n3cccc23)CC1.Cl. The van der Waals surface area contributed by atoms with E-state index in [1.54, 1.807) is 16.2 Å². The van der Waals surface area contributed by atoms with Crippen molar-refractivity contribution in [2.75, 3.05) is 37.7 Å². The average molecular weight is 367 g/mol. The minimum Gasteiger partial charge on any atom is -0.450 e. The predicted molar refractivity (Wildman–Crippen MR) is 98.6 cm³/mol. The standard InChI is InChI=1S/C16H18N4O2S.ClH/c1-2-22-16(21)19-9-7-18(8-10-19)14-13-4-3-6-20(13)15-12(17-14)5-11-23-15;/h3-6,11H,2,7-10H2,1H3;1H. The Bertz CT molecular complexity index is 854. The molecule has 6 nitrogen and oxygen atoms in total. The van der Waals surface area contributed by atoms with E-state index >= 15 is 0 Å². The van der Waals surface area contributed by atoms with Crippen molar-refractivity contribution in [3.05, 3.63) is 29.8 Å². The Morgan fingerprint density at radius 1 is 1.29 bits per heavy atom. The van der Waals surface area contributed by atoms with E-state index in [1.165, 1.54) is 4.83 Å². The minimum absolute atomic E-state index is 0. The fourth-order valence-electron chi connectivity index (χ4n) is 3.02. The Morgan fingerprint density at radius 3 is 2.83 bits per heavy atom. The van der Waals surface area contributed by atoms with E-state index in [0.717, 1.165) is 29.9 Å². The van der Waals surface area contributed by atoms with E-state index in [1.807, 2.05) is 6.92 Å². The molecule has 0 saturated carbocycles. The number of fused-ring (bicyclic) bond motifs is 3. The highest BCUT2D eigenvalue weighted by molar-refractivity contribution is 7.16. The summed E-state index contributed by atoms with van der Waals surface area (Å²) < 4.78 is 7.27. The molecule has 3 aromatic rings. The molecule has 0 spiro atoms. The van der Waals surface area contributed by atoms with E-state index < -0.39 is 0 Å². The van der Waals surface area contributed by atoms with Crippen molar-refractivity contribution in [1.29, 1.82) is 0 Å². The lowest BCUT2D eigenvalue weighted by atomic mass is 10.3. The first-order valence-electron chi connectivity index (χ1n) is 7.79. The van der Waals surface area contributed by atoms with Crippen molar-refractivity contribution >= 4 is 51.5 Å². The molecule has 1 aliphatic rings. The van der Waals surface area contributed by atoms with E-state index in [9.17, 15) is 4.79 Å². The van der Waals surface area contributed by atoms with Crippen molar-refractivity contribution in [2.24, 2.45) is 0 Å². The molecule has 1 fully saturated rings. The molecular formula is C16H19ClN4O2S. The van der Waals surface area contributed by atoms with E-state index in [-0.39, 0.29) is 18.5 Å². The molecule has 0 aromatic carbocycles. The van der Waals surface area contributed by atoms with Crippen LogP contribution in [0.2, 0.25) is 0 Å². The molecule has 0 atom stereocenters. The fourth-order valence-corrected chi connectivity index (χ4v) is 3.85. The van der Waals surface area contributed by atoms with Crippen molar-refractivity contribution < 1.29 is 9.53 Å². The van der Waals surface area contributed by atoms with Crippen LogP contribution in [0.25, 0.3) is 15.9 Å². The minimum atomic E-state index is -0.221. The third-order valence-electron chi connectivity index (χ3n) is 4.15. The van der Waals surface area contributed by atoms with Gasteiger partial charge in [-0.15, -0.1) is 23.7 Å². The van der Waals surface area contributed by atoms with Gasteiger partial charge in [0.2, 0.25) is 0 Å². The number of carbonyl (C=O) groups excluding carboxylic acids is 1. The summed E-state index contributed by atoms with van der Waals surface area (Å²) in [6, 6.07) is 6.20. The topological polar surface area (TPSA) is 50.1 Å². The van der Waals surface area contributed by atoms with Crippen molar-refractivity contribution in [1.82, 2.24) is 14.3 Å². The summed E-state index contributed by atoms with van der Waals surface area (Å²) in [6.07, 6.45) is 1.86. The Labute approximate surface area is 150 Å². The number of halogens is 1.